The second-order valence-corrected chi connectivity index (χ2v) is 6.19. The number of phenolic OH excluding ortho intramolecular Hbond substituents is 1. The number of benzene rings is 1. The van der Waals surface area contributed by atoms with Crippen LogP contribution in [0.25, 0.3) is 0 Å². The fraction of sp³-hybridized carbons (Fsp3) is 0.438. The highest BCUT2D eigenvalue weighted by molar-refractivity contribution is 6.30. The van der Waals surface area contributed by atoms with Gasteiger partial charge in [-0.2, -0.15) is 0 Å². The van der Waals surface area contributed by atoms with Gasteiger partial charge in [0.15, 0.2) is 0 Å². The van der Waals surface area contributed by atoms with Crippen LogP contribution >= 0.6 is 11.6 Å². The van der Waals surface area contributed by atoms with Crippen LogP contribution in [0, 0.1) is 0 Å². The molecule has 0 fully saturated rings. The van der Waals surface area contributed by atoms with E-state index in [4.69, 9.17) is 16.3 Å². The van der Waals surface area contributed by atoms with E-state index in [0.29, 0.717) is 24.7 Å². The third kappa shape index (κ3) is 7.90. The van der Waals surface area contributed by atoms with Crippen molar-refractivity contribution in [2.45, 2.75) is 32.9 Å². The zero-order valence-electron chi connectivity index (χ0n) is 13.1. The van der Waals surface area contributed by atoms with Crippen LogP contribution in [0.1, 0.15) is 26.3 Å². The van der Waals surface area contributed by atoms with E-state index in [0.717, 1.165) is 5.56 Å². The number of rotatable bonds is 6. The molecule has 0 aliphatic heterocycles. The highest BCUT2D eigenvalue weighted by atomic mass is 35.5. The fourth-order valence-electron chi connectivity index (χ4n) is 1.61. The molecule has 0 unspecified atom stereocenters. The number of phenols is 1. The molecule has 0 spiro atoms. The van der Waals surface area contributed by atoms with Gasteiger partial charge in [-0.1, -0.05) is 23.8 Å². The summed E-state index contributed by atoms with van der Waals surface area (Å²) in [6.45, 7) is 6.98. The van der Waals surface area contributed by atoms with Crippen LogP contribution in [0.5, 0.6) is 5.75 Å². The smallest absolute Gasteiger partial charge is 0.407 e. The van der Waals surface area contributed by atoms with E-state index in [1.54, 1.807) is 18.2 Å². The van der Waals surface area contributed by atoms with Gasteiger partial charge in [0.25, 0.3) is 0 Å². The number of alkyl carbamates (subject to hydrolysis) is 1. The molecule has 0 aliphatic carbocycles. The summed E-state index contributed by atoms with van der Waals surface area (Å²) in [5.41, 5.74) is 0.252. The predicted octanol–water partition coefficient (Wildman–Crippen LogP) is 3.22. The summed E-state index contributed by atoms with van der Waals surface area (Å²) in [6, 6.07) is 4.93. The Bertz CT molecular complexity index is 525. The number of hydrogen-bond acceptors (Lipinski definition) is 4. The van der Waals surface area contributed by atoms with E-state index in [-0.39, 0.29) is 5.75 Å². The molecule has 122 valence electrons. The number of carbonyl (C=O) groups is 1. The first-order valence-electron chi connectivity index (χ1n) is 7.08. The van der Waals surface area contributed by atoms with Gasteiger partial charge < -0.3 is 20.5 Å². The Morgan fingerprint density at radius 3 is 2.68 bits per heavy atom. The summed E-state index contributed by atoms with van der Waals surface area (Å²) in [4.78, 5) is 11.4. The molecule has 0 atom stereocenters. The Hall–Kier alpha value is -1.72. The number of nitrogens with one attached hydrogen (secondary N) is 2. The first-order chi connectivity index (χ1) is 10.3. The van der Waals surface area contributed by atoms with Crippen molar-refractivity contribution in [2.24, 2.45) is 0 Å². The second kappa shape index (κ2) is 8.66. The molecule has 0 bridgehead atoms. The van der Waals surface area contributed by atoms with Gasteiger partial charge in [-0.05, 0) is 39.0 Å². The van der Waals surface area contributed by atoms with Gasteiger partial charge >= 0.3 is 6.09 Å². The zero-order valence-corrected chi connectivity index (χ0v) is 13.9. The maximum absolute atomic E-state index is 11.4. The van der Waals surface area contributed by atoms with E-state index in [2.05, 4.69) is 10.6 Å². The van der Waals surface area contributed by atoms with Crippen molar-refractivity contribution in [3.8, 4) is 5.75 Å². The van der Waals surface area contributed by atoms with Gasteiger partial charge in [-0.25, -0.2) is 4.79 Å². The molecule has 0 radical (unpaired) electrons. The van der Waals surface area contributed by atoms with E-state index >= 15 is 0 Å². The fourth-order valence-corrected chi connectivity index (χ4v) is 1.80. The standard InChI is InChI=1S/C16H23ClN2O3/c1-16(2,3)22-15(21)19-9-5-4-8-18-11-12-10-13(17)6-7-14(12)20/h4-7,10,18,20H,8-9,11H2,1-3H3,(H,19,21)/b5-4+. The summed E-state index contributed by atoms with van der Waals surface area (Å²) >= 11 is 5.87. The Labute approximate surface area is 136 Å². The van der Waals surface area contributed by atoms with Gasteiger partial charge in [0.05, 0.1) is 0 Å². The molecule has 1 rings (SSSR count). The van der Waals surface area contributed by atoms with E-state index < -0.39 is 11.7 Å². The Morgan fingerprint density at radius 2 is 2.00 bits per heavy atom. The lowest BCUT2D eigenvalue weighted by molar-refractivity contribution is 0.0534. The minimum absolute atomic E-state index is 0.215. The molecule has 0 aromatic heterocycles. The van der Waals surface area contributed by atoms with Crippen molar-refractivity contribution >= 4 is 17.7 Å². The maximum atomic E-state index is 11.4. The molecule has 3 N–H and O–H groups in total. The minimum Gasteiger partial charge on any atom is -0.508 e. The molecule has 1 aromatic carbocycles. The van der Waals surface area contributed by atoms with Gasteiger partial charge in [-0.3, -0.25) is 0 Å². The quantitative estimate of drug-likeness (QED) is 0.554. The molecule has 22 heavy (non-hydrogen) atoms. The topological polar surface area (TPSA) is 70.6 Å². The van der Waals surface area contributed by atoms with Crippen molar-refractivity contribution < 1.29 is 14.6 Å². The van der Waals surface area contributed by atoms with Crippen LogP contribution in [0.15, 0.2) is 30.4 Å². The van der Waals surface area contributed by atoms with Crippen LogP contribution in [0.3, 0.4) is 0 Å². The highest BCUT2D eigenvalue weighted by Crippen LogP contribution is 2.20. The van der Waals surface area contributed by atoms with E-state index in [1.807, 2.05) is 32.9 Å². The average molecular weight is 327 g/mol. The summed E-state index contributed by atoms with van der Waals surface area (Å²) < 4.78 is 5.11. The lowest BCUT2D eigenvalue weighted by atomic mass is 10.2. The zero-order chi connectivity index (χ0) is 16.6. The number of carbonyl (C=O) groups excluding carboxylic acids is 1. The van der Waals surface area contributed by atoms with Crippen LogP contribution < -0.4 is 10.6 Å². The van der Waals surface area contributed by atoms with E-state index in [9.17, 15) is 9.90 Å². The first kappa shape index (κ1) is 18.3. The normalized spacial score (nSPS) is 11.6. The lowest BCUT2D eigenvalue weighted by Crippen LogP contribution is -2.32. The van der Waals surface area contributed by atoms with Crippen molar-refractivity contribution in [1.29, 1.82) is 0 Å². The van der Waals surface area contributed by atoms with Crippen molar-refractivity contribution in [1.82, 2.24) is 10.6 Å². The van der Waals surface area contributed by atoms with Crippen LogP contribution in [-0.2, 0) is 11.3 Å². The molecule has 1 amide bonds. The Balaban J connectivity index is 2.19. The summed E-state index contributed by atoms with van der Waals surface area (Å²) in [7, 11) is 0. The van der Waals surface area contributed by atoms with Crippen LogP contribution in [0.2, 0.25) is 5.02 Å². The lowest BCUT2D eigenvalue weighted by Gasteiger charge is -2.19. The minimum atomic E-state index is -0.492. The van der Waals surface area contributed by atoms with Crippen molar-refractivity contribution in [3.63, 3.8) is 0 Å². The van der Waals surface area contributed by atoms with Gasteiger partial charge in [0.1, 0.15) is 11.4 Å². The number of aromatic hydroxyl groups is 1. The molecular weight excluding hydrogens is 304 g/mol. The molecule has 0 saturated heterocycles. The molecule has 0 heterocycles. The third-order valence-corrected chi connectivity index (χ3v) is 2.78. The Kier molecular flexibility index (Phi) is 7.21. The monoisotopic (exact) mass is 326 g/mol. The summed E-state index contributed by atoms with van der Waals surface area (Å²) in [5.74, 6) is 0.215. The highest BCUT2D eigenvalue weighted by Gasteiger charge is 2.14. The van der Waals surface area contributed by atoms with Crippen molar-refractivity contribution in [3.05, 3.63) is 40.9 Å². The predicted molar refractivity (Wildman–Crippen MR) is 88.2 cm³/mol. The van der Waals surface area contributed by atoms with Crippen LogP contribution in [0.4, 0.5) is 4.79 Å². The number of hydrogen-bond donors (Lipinski definition) is 3. The van der Waals surface area contributed by atoms with Crippen LogP contribution in [-0.4, -0.2) is 29.9 Å². The molecule has 5 nitrogen and oxygen atoms in total. The van der Waals surface area contributed by atoms with E-state index in [1.165, 1.54) is 0 Å². The maximum Gasteiger partial charge on any atom is 0.407 e. The average Bonchev–Trinajstić information content (AvgIpc) is 2.39. The number of halogens is 1. The number of ether oxygens (including phenoxy) is 1. The number of amides is 1. The molecular formula is C16H23ClN2O3. The summed E-state index contributed by atoms with van der Waals surface area (Å²) in [6.07, 6.45) is 3.28. The SMILES string of the molecule is CC(C)(C)OC(=O)NC/C=C/CNCc1cc(Cl)ccc1O. The molecule has 0 saturated carbocycles. The van der Waals surface area contributed by atoms with Gasteiger partial charge in [-0.15, -0.1) is 0 Å². The first-order valence-corrected chi connectivity index (χ1v) is 7.46. The summed E-state index contributed by atoms with van der Waals surface area (Å²) in [5, 5.41) is 16.0. The molecule has 1 aromatic rings. The third-order valence-electron chi connectivity index (χ3n) is 2.55. The molecule has 0 aliphatic rings. The Morgan fingerprint density at radius 1 is 1.32 bits per heavy atom. The van der Waals surface area contributed by atoms with Gasteiger partial charge in [0, 0.05) is 30.2 Å². The van der Waals surface area contributed by atoms with Crippen molar-refractivity contribution in [2.75, 3.05) is 13.1 Å². The second-order valence-electron chi connectivity index (χ2n) is 5.76. The van der Waals surface area contributed by atoms with Gasteiger partial charge in [0.2, 0.25) is 0 Å². The largest absolute Gasteiger partial charge is 0.508 e. The molecule has 6 heteroatoms.